The number of thiazole rings is 1. The van der Waals surface area contributed by atoms with Crippen molar-refractivity contribution in [3.05, 3.63) is 107 Å². The van der Waals surface area contributed by atoms with Gasteiger partial charge in [-0.15, -0.1) is 0 Å². The average molecular weight is 451 g/mol. The maximum atomic E-state index is 12.9. The predicted molar refractivity (Wildman–Crippen MR) is 135 cm³/mol. The first-order valence-electron chi connectivity index (χ1n) is 10.4. The van der Waals surface area contributed by atoms with Crippen LogP contribution in [0.15, 0.2) is 85.1 Å². The van der Waals surface area contributed by atoms with Gasteiger partial charge >= 0.3 is 0 Å². The molecule has 0 bridgehead atoms. The highest BCUT2D eigenvalue weighted by Gasteiger charge is 2.18. The summed E-state index contributed by atoms with van der Waals surface area (Å²) in [6.45, 7) is 4.00. The molecule has 0 atom stereocenters. The molecule has 0 spiro atoms. The van der Waals surface area contributed by atoms with Crippen molar-refractivity contribution >= 4 is 33.5 Å². The number of aromatic nitrogens is 1. The van der Waals surface area contributed by atoms with Crippen LogP contribution >= 0.6 is 11.3 Å². The molecule has 0 aliphatic heterocycles. The molecule has 2 N–H and O–H groups in total. The van der Waals surface area contributed by atoms with Crippen LogP contribution in [0.25, 0.3) is 16.8 Å². The molecule has 0 unspecified atom stereocenters. The minimum Gasteiger partial charge on any atom is -0.360 e. The maximum absolute atomic E-state index is 12.9. The molecule has 5 nitrogen and oxygen atoms in total. The van der Waals surface area contributed by atoms with Crippen LogP contribution in [-0.4, -0.2) is 10.9 Å². The van der Waals surface area contributed by atoms with Crippen LogP contribution in [0.5, 0.6) is 0 Å². The van der Waals surface area contributed by atoms with Gasteiger partial charge < -0.3 is 10.6 Å². The summed E-state index contributed by atoms with van der Waals surface area (Å²) < 4.78 is 0. The number of carbonyl (C=O) groups is 1. The van der Waals surface area contributed by atoms with Crippen molar-refractivity contribution in [3.8, 4) is 17.3 Å². The number of anilines is 2. The summed E-state index contributed by atoms with van der Waals surface area (Å²) in [6.07, 6.45) is 1.64. The summed E-state index contributed by atoms with van der Waals surface area (Å²) in [5.41, 5.74) is 5.56. The highest BCUT2D eigenvalue weighted by molar-refractivity contribution is 7.17. The van der Waals surface area contributed by atoms with E-state index in [4.69, 9.17) is 4.98 Å². The van der Waals surface area contributed by atoms with Crippen molar-refractivity contribution in [1.29, 1.82) is 5.26 Å². The fourth-order valence-corrected chi connectivity index (χ4v) is 4.09. The van der Waals surface area contributed by atoms with E-state index in [-0.39, 0.29) is 5.91 Å². The van der Waals surface area contributed by atoms with Crippen molar-refractivity contribution in [2.45, 2.75) is 13.8 Å². The molecule has 3 aromatic carbocycles. The number of nitrogens with one attached hydrogen (secondary N) is 2. The van der Waals surface area contributed by atoms with E-state index in [0.717, 1.165) is 22.4 Å². The first-order chi connectivity index (χ1) is 16.0. The van der Waals surface area contributed by atoms with Crippen LogP contribution in [0.2, 0.25) is 0 Å². The summed E-state index contributed by atoms with van der Waals surface area (Å²) >= 11 is 1.28. The van der Waals surface area contributed by atoms with E-state index in [0.29, 0.717) is 26.8 Å². The first-order valence-corrected chi connectivity index (χ1v) is 11.2. The number of hydrogen-bond donors (Lipinski definition) is 2. The second kappa shape index (κ2) is 9.94. The van der Waals surface area contributed by atoms with Crippen molar-refractivity contribution in [3.63, 3.8) is 0 Å². The van der Waals surface area contributed by atoms with Gasteiger partial charge in [-0.25, -0.2) is 4.98 Å². The Labute approximate surface area is 197 Å². The van der Waals surface area contributed by atoms with Crippen LogP contribution in [0.4, 0.5) is 10.7 Å². The second-order valence-corrected chi connectivity index (χ2v) is 8.56. The van der Waals surface area contributed by atoms with Crippen molar-refractivity contribution < 1.29 is 4.79 Å². The molecule has 4 rings (SSSR count). The Hall–Kier alpha value is -4.21. The summed E-state index contributed by atoms with van der Waals surface area (Å²) in [5.74, 6) is -0.220. The summed E-state index contributed by atoms with van der Waals surface area (Å²) in [4.78, 5) is 17.6. The van der Waals surface area contributed by atoms with E-state index < -0.39 is 0 Å². The largest absolute Gasteiger partial charge is 0.360 e. The third-order valence-electron chi connectivity index (χ3n) is 5.00. The molecule has 162 valence electrons. The van der Waals surface area contributed by atoms with Crippen molar-refractivity contribution in [1.82, 2.24) is 4.98 Å². The SMILES string of the molecule is Cc1ccc(N/C=C(/C#N)c2nc(-c3ccccc3)c(NC(=O)c3ccc(C)cc3)s2)cc1. The fourth-order valence-electron chi connectivity index (χ4n) is 3.14. The van der Waals surface area contributed by atoms with Crippen LogP contribution < -0.4 is 10.6 Å². The van der Waals surface area contributed by atoms with E-state index in [1.165, 1.54) is 11.3 Å². The van der Waals surface area contributed by atoms with Gasteiger partial charge in [0.1, 0.15) is 27.3 Å². The summed E-state index contributed by atoms with van der Waals surface area (Å²) in [7, 11) is 0. The number of hydrogen-bond acceptors (Lipinski definition) is 5. The molecular weight excluding hydrogens is 428 g/mol. The van der Waals surface area contributed by atoms with Gasteiger partial charge in [-0.1, -0.05) is 77.1 Å². The van der Waals surface area contributed by atoms with Gasteiger partial charge in [-0.2, -0.15) is 5.26 Å². The Morgan fingerprint density at radius 3 is 2.21 bits per heavy atom. The smallest absolute Gasteiger partial charge is 0.256 e. The highest BCUT2D eigenvalue weighted by atomic mass is 32.1. The van der Waals surface area contributed by atoms with E-state index in [9.17, 15) is 10.1 Å². The molecule has 1 aromatic heterocycles. The van der Waals surface area contributed by atoms with Crippen molar-refractivity contribution in [2.75, 3.05) is 10.6 Å². The fraction of sp³-hybridized carbons (Fsp3) is 0.0741. The quantitative estimate of drug-likeness (QED) is 0.322. The Morgan fingerprint density at radius 2 is 1.58 bits per heavy atom. The predicted octanol–water partition coefficient (Wildman–Crippen LogP) is 6.66. The van der Waals surface area contributed by atoms with Gasteiger partial charge in [-0.05, 0) is 38.1 Å². The zero-order valence-corrected chi connectivity index (χ0v) is 19.1. The lowest BCUT2D eigenvalue weighted by atomic mass is 10.1. The Balaban J connectivity index is 1.67. The Kier molecular flexibility index (Phi) is 6.63. The number of nitriles is 1. The number of carbonyl (C=O) groups excluding carboxylic acids is 1. The molecule has 0 fully saturated rings. The number of rotatable bonds is 6. The van der Waals surface area contributed by atoms with Gasteiger partial charge in [0.05, 0.1) is 0 Å². The zero-order valence-electron chi connectivity index (χ0n) is 18.3. The van der Waals surface area contributed by atoms with Crippen molar-refractivity contribution in [2.24, 2.45) is 0 Å². The maximum Gasteiger partial charge on any atom is 0.256 e. The van der Waals surface area contributed by atoms with Crippen LogP contribution in [0, 0.1) is 25.2 Å². The number of amides is 1. The molecule has 33 heavy (non-hydrogen) atoms. The minimum absolute atomic E-state index is 0.220. The minimum atomic E-state index is -0.220. The van der Waals surface area contributed by atoms with E-state index in [2.05, 4.69) is 16.7 Å². The molecule has 1 heterocycles. The van der Waals surface area contributed by atoms with Crippen LogP contribution in [-0.2, 0) is 0 Å². The summed E-state index contributed by atoms with van der Waals surface area (Å²) in [5, 5.41) is 17.0. The second-order valence-electron chi connectivity index (χ2n) is 7.56. The van der Waals surface area contributed by atoms with Gasteiger partial charge in [0, 0.05) is 23.0 Å². The molecule has 1 amide bonds. The normalized spacial score (nSPS) is 11.0. The third kappa shape index (κ3) is 5.35. The monoisotopic (exact) mass is 450 g/mol. The molecular formula is C27H22N4OS. The molecule has 0 radical (unpaired) electrons. The standard InChI is InChI=1S/C27H22N4OS/c1-18-8-12-21(13-9-18)25(32)31-27-24(20-6-4-3-5-7-20)30-26(33-27)22(16-28)17-29-23-14-10-19(2)11-15-23/h3-15,17,29H,1-2H3,(H,31,32)/b22-17-. The van der Waals surface area contributed by atoms with Gasteiger partial charge in [0.15, 0.2) is 0 Å². The highest BCUT2D eigenvalue weighted by Crippen LogP contribution is 2.36. The van der Waals surface area contributed by atoms with Gasteiger partial charge in [-0.3, -0.25) is 4.79 Å². The molecule has 6 heteroatoms. The van der Waals surface area contributed by atoms with E-state index in [1.807, 2.05) is 80.6 Å². The van der Waals surface area contributed by atoms with Crippen LogP contribution in [0.1, 0.15) is 26.5 Å². The van der Waals surface area contributed by atoms with Crippen LogP contribution in [0.3, 0.4) is 0 Å². The summed E-state index contributed by atoms with van der Waals surface area (Å²) in [6, 6.07) is 27.1. The number of aryl methyl sites for hydroxylation is 2. The number of nitrogens with zero attached hydrogens (tertiary/aromatic N) is 2. The number of benzene rings is 3. The molecule has 4 aromatic rings. The topological polar surface area (TPSA) is 77.8 Å². The molecule has 0 saturated heterocycles. The lowest BCUT2D eigenvalue weighted by Gasteiger charge is -2.05. The average Bonchev–Trinajstić information content (AvgIpc) is 3.25. The van der Waals surface area contributed by atoms with Gasteiger partial charge in [0.25, 0.3) is 5.91 Å². The van der Waals surface area contributed by atoms with E-state index >= 15 is 0 Å². The lowest BCUT2D eigenvalue weighted by Crippen LogP contribution is -2.11. The molecule has 0 aliphatic carbocycles. The Morgan fingerprint density at radius 1 is 0.939 bits per heavy atom. The third-order valence-corrected chi connectivity index (χ3v) is 6.00. The lowest BCUT2D eigenvalue weighted by molar-refractivity contribution is 0.102. The Bertz CT molecular complexity index is 1330. The van der Waals surface area contributed by atoms with E-state index in [1.54, 1.807) is 18.3 Å². The molecule has 0 aliphatic rings. The number of allylic oxidation sites excluding steroid dienone is 1. The van der Waals surface area contributed by atoms with Gasteiger partial charge in [0.2, 0.25) is 0 Å². The first kappa shape index (κ1) is 22.0. The molecule has 0 saturated carbocycles. The zero-order chi connectivity index (χ0) is 23.2.